The van der Waals surface area contributed by atoms with Crippen LogP contribution in [0, 0.1) is 0 Å². The fourth-order valence-corrected chi connectivity index (χ4v) is 1.04. The van der Waals surface area contributed by atoms with E-state index < -0.39 is 0 Å². The standard InChI is InChI=1S/C8H18N2O.CH4/c1-7(11)8(10-2)5-3-4-6-9;/h8,10H,3-6,9H2,1-2H3;1H4/t8-;/m0./s1. The van der Waals surface area contributed by atoms with E-state index in [1.807, 2.05) is 7.05 Å². The second-order valence-electron chi connectivity index (χ2n) is 2.74. The molecule has 0 rings (SSSR count). The zero-order valence-corrected chi connectivity index (χ0v) is 7.39. The number of carbonyl (C=O) groups is 1. The molecule has 0 amide bonds. The smallest absolute Gasteiger partial charge is 0.146 e. The summed E-state index contributed by atoms with van der Waals surface area (Å²) in [5, 5.41) is 2.97. The van der Waals surface area contributed by atoms with Gasteiger partial charge in [0.1, 0.15) is 5.78 Å². The SMILES string of the molecule is C.CN[C@@H](CCCCN)C(C)=O. The molecule has 12 heavy (non-hydrogen) atoms. The summed E-state index contributed by atoms with van der Waals surface area (Å²) in [6.07, 6.45) is 2.94. The number of hydrogen-bond donors (Lipinski definition) is 2. The molecule has 1 atom stereocenters. The topological polar surface area (TPSA) is 55.1 Å². The first-order valence-electron chi connectivity index (χ1n) is 4.10. The van der Waals surface area contributed by atoms with Gasteiger partial charge in [0.2, 0.25) is 0 Å². The Morgan fingerprint density at radius 1 is 1.50 bits per heavy atom. The van der Waals surface area contributed by atoms with Crippen LogP contribution in [-0.4, -0.2) is 25.4 Å². The highest BCUT2D eigenvalue weighted by Gasteiger charge is 2.09. The van der Waals surface area contributed by atoms with Gasteiger partial charge in [-0.15, -0.1) is 0 Å². The molecular formula is C9H22N2O. The molecule has 0 saturated heterocycles. The summed E-state index contributed by atoms with van der Waals surface area (Å²) in [5.74, 6) is 0.213. The Bertz CT molecular complexity index is 115. The lowest BCUT2D eigenvalue weighted by Crippen LogP contribution is -2.32. The van der Waals surface area contributed by atoms with Crippen LogP contribution < -0.4 is 11.1 Å². The average molecular weight is 174 g/mol. The van der Waals surface area contributed by atoms with Crippen molar-refractivity contribution in [3.05, 3.63) is 0 Å². The molecule has 0 saturated carbocycles. The van der Waals surface area contributed by atoms with Crippen molar-refractivity contribution in [1.82, 2.24) is 5.32 Å². The molecule has 0 heterocycles. The van der Waals surface area contributed by atoms with E-state index in [-0.39, 0.29) is 19.3 Å². The quantitative estimate of drug-likeness (QED) is 0.589. The molecule has 3 N–H and O–H groups in total. The summed E-state index contributed by atoms with van der Waals surface area (Å²) in [6.45, 7) is 2.33. The van der Waals surface area contributed by atoms with Crippen LogP contribution in [0.1, 0.15) is 33.6 Å². The molecule has 0 aliphatic carbocycles. The van der Waals surface area contributed by atoms with Crippen molar-refractivity contribution in [2.75, 3.05) is 13.6 Å². The van der Waals surface area contributed by atoms with Gasteiger partial charge in [-0.1, -0.05) is 13.8 Å². The highest BCUT2D eigenvalue weighted by Crippen LogP contribution is 2.00. The fraction of sp³-hybridized carbons (Fsp3) is 0.889. The van der Waals surface area contributed by atoms with E-state index >= 15 is 0 Å². The lowest BCUT2D eigenvalue weighted by atomic mass is 10.1. The van der Waals surface area contributed by atoms with Crippen LogP contribution in [0.3, 0.4) is 0 Å². The Morgan fingerprint density at radius 3 is 2.42 bits per heavy atom. The molecule has 74 valence electrons. The fourth-order valence-electron chi connectivity index (χ4n) is 1.04. The third-order valence-electron chi connectivity index (χ3n) is 1.79. The molecule has 0 spiro atoms. The summed E-state index contributed by atoms with van der Waals surface area (Å²) in [5.41, 5.74) is 5.33. The third-order valence-corrected chi connectivity index (χ3v) is 1.79. The molecule has 3 nitrogen and oxygen atoms in total. The Kier molecular flexibility index (Phi) is 10.2. The van der Waals surface area contributed by atoms with Crippen LogP contribution in [0.2, 0.25) is 0 Å². The number of unbranched alkanes of at least 4 members (excludes halogenated alkanes) is 1. The first-order chi connectivity index (χ1) is 5.22. The summed E-state index contributed by atoms with van der Waals surface area (Å²) in [4.78, 5) is 10.9. The van der Waals surface area contributed by atoms with Gasteiger partial charge in [0.15, 0.2) is 0 Å². The molecular weight excluding hydrogens is 152 g/mol. The predicted octanol–water partition coefficient (Wildman–Crippen LogP) is 0.928. The van der Waals surface area contributed by atoms with Crippen molar-refractivity contribution in [1.29, 1.82) is 0 Å². The maximum absolute atomic E-state index is 10.9. The number of rotatable bonds is 6. The minimum absolute atomic E-state index is 0. The van der Waals surface area contributed by atoms with Crippen molar-refractivity contribution in [3.8, 4) is 0 Å². The van der Waals surface area contributed by atoms with E-state index in [4.69, 9.17) is 5.73 Å². The summed E-state index contributed by atoms with van der Waals surface area (Å²) in [7, 11) is 1.81. The van der Waals surface area contributed by atoms with Crippen molar-refractivity contribution < 1.29 is 4.79 Å². The van der Waals surface area contributed by atoms with Crippen molar-refractivity contribution in [2.24, 2.45) is 5.73 Å². The number of hydrogen-bond acceptors (Lipinski definition) is 3. The molecule has 0 unspecified atom stereocenters. The van der Waals surface area contributed by atoms with E-state index in [2.05, 4.69) is 5.32 Å². The first kappa shape index (κ1) is 14.1. The molecule has 3 heteroatoms. The largest absolute Gasteiger partial charge is 0.330 e. The number of nitrogens with two attached hydrogens (primary N) is 1. The highest BCUT2D eigenvalue weighted by molar-refractivity contribution is 5.81. The van der Waals surface area contributed by atoms with Crippen LogP contribution in [0.25, 0.3) is 0 Å². The van der Waals surface area contributed by atoms with E-state index in [0.717, 1.165) is 19.3 Å². The van der Waals surface area contributed by atoms with Crippen molar-refractivity contribution in [3.63, 3.8) is 0 Å². The Hall–Kier alpha value is -0.410. The van der Waals surface area contributed by atoms with Crippen LogP contribution in [0.5, 0.6) is 0 Å². The third kappa shape index (κ3) is 6.31. The van der Waals surface area contributed by atoms with Gasteiger partial charge in [-0.05, 0) is 33.4 Å². The van der Waals surface area contributed by atoms with E-state index in [1.165, 1.54) is 0 Å². The number of ketones is 1. The average Bonchev–Trinajstić information content (AvgIpc) is 1.97. The number of nitrogens with one attached hydrogen (secondary N) is 1. The molecule has 0 aromatic carbocycles. The molecule has 0 aromatic rings. The summed E-state index contributed by atoms with van der Waals surface area (Å²) >= 11 is 0. The summed E-state index contributed by atoms with van der Waals surface area (Å²) in [6, 6.07) is 0.0292. The number of Topliss-reactive ketones (excluding diaryl/α,β-unsaturated/α-hetero) is 1. The lowest BCUT2D eigenvalue weighted by Gasteiger charge is -2.11. The van der Waals surface area contributed by atoms with Gasteiger partial charge in [-0.3, -0.25) is 4.79 Å². The predicted molar refractivity (Wildman–Crippen MR) is 53.2 cm³/mol. The maximum atomic E-state index is 10.9. The second-order valence-corrected chi connectivity index (χ2v) is 2.74. The molecule has 0 aliphatic rings. The molecule has 0 radical (unpaired) electrons. The van der Waals surface area contributed by atoms with Gasteiger partial charge in [-0.25, -0.2) is 0 Å². The second kappa shape index (κ2) is 8.68. The molecule has 0 aromatic heterocycles. The monoisotopic (exact) mass is 174 g/mol. The zero-order valence-electron chi connectivity index (χ0n) is 7.39. The highest BCUT2D eigenvalue weighted by atomic mass is 16.1. The van der Waals surface area contributed by atoms with Gasteiger partial charge in [-0.2, -0.15) is 0 Å². The number of likely N-dealkylation sites (N-methyl/N-ethyl adjacent to an activating group) is 1. The van der Waals surface area contributed by atoms with Crippen LogP contribution in [0.4, 0.5) is 0 Å². The van der Waals surface area contributed by atoms with Gasteiger partial charge in [0, 0.05) is 0 Å². The van der Waals surface area contributed by atoms with E-state index in [1.54, 1.807) is 6.92 Å². The Labute approximate surface area is 75.7 Å². The van der Waals surface area contributed by atoms with E-state index in [9.17, 15) is 4.79 Å². The minimum Gasteiger partial charge on any atom is -0.330 e. The lowest BCUT2D eigenvalue weighted by molar-refractivity contribution is -0.119. The van der Waals surface area contributed by atoms with Crippen LogP contribution in [-0.2, 0) is 4.79 Å². The van der Waals surface area contributed by atoms with Gasteiger partial charge in [0.05, 0.1) is 6.04 Å². The van der Waals surface area contributed by atoms with Crippen LogP contribution in [0.15, 0.2) is 0 Å². The first-order valence-corrected chi connectivity index (χ1v) is 4.10. The van der Waals surface area contributed by atoms with Gasteiger partial charge in [0.25, 0.3) is 0 Å². The molecule has 0 fully saturated rings. The zero-order chi connectivity index (χ0) is 8.69. The van der Waals surface area contributed by atoms with Crippen molar-refractivity contribution in [2.45, 2.75) is 39.7 Å². The van der Waals surface area contributed by atoms with Crippen molar-refractivity contribution >= 4 is 5.78 Å². The maximum Gasteiger partial charge on any atom is 0.146 e. The molecule has 0 aliphatic heterocycles. The molecule has 0 bridgehead atoms. The minimum atomic E-state index is 0. The normalized spacial score (nSPS) is 11.9. The Balaban J connectivity index is 0. The number of carbonyl (C=O) groups excluding carboxylic acids is 1. The van der Waals surface area contributed by atoms with Gasteiger partial charge >= 0.3 is 0 Å². The summed E-state index contributed by atoms with van der Waals surface area (Å²) < 4.78 is 0. The van der Waals surface area contributed by atoms with E-state index in [0.29, 0.717) is 6.54 Å². The van der Waals surface area contributed by atoms with Gasteiger partial charge < -0.3 is 11.1 Å². The Morgan fingerprint density at radius 2 is 2.08 bits per heavy atom. The van der Waals surface area contributed by atoms with Crippen LogP contribution >= 0.6 is 0 Å².